The molecule has 0 aliphatic carbocycles. The Morgan fingerprint density at radius 1 is 0.339 bits per heavy atom. The van der Waals surface area contributed by atoms with Gasteiger partial charge in [-0.2, -0.15) is 0 Å². The van der Waals surface area contributed by atoms with E-state index in [1.807, 2.05) is 97.2 Å². The maximum atomic E-state index is 7.42. The number of nitrogens with zero attached hydrogens (tertiary/aromatic N) is 5. The lowest BCUT2D eigenvalue weighted by atomic mass is 9.88. The van der Waals surface area contributed by atoms with Crippen molar-refractivity contribution in [2.75, 3.05) is 0 Å². The molecule has 260 valence electrons. The Balaban J connectivity index is 1.10. The summed E-state index contributed by atoms with van der Waals surface area (Å²) in [5.74, 6) is 1.90. The third-order valence-electron chi connectivity index (χ3n) is 10.4. The highest BCUT2D eigenvalue weighted by atomic mass is 15.0. The van der Waals surface area contributed by atoms with E-state index in [1.54, 1.807) is 0 Å². The van der Waals surface area contributed by atoms with Crippen LogP contribution in [0.1, 0.15) is 0 Å². The van der Waals surface area contributed by atoms with Crippen molar-refractivity contribution in [3.63, 3.8) is 0 Å². The number of hydrogen-bond acceptors (Lipinski definition) is 4. The van der Waals surface area contributed by atoms with Crippen LogP contribution in [0.4, 0.5) is 5.69 Å². The predicted octanol–water partition coefficient (Wildman–Crippen LogP) is 13.3. The molecule has 0 aliphatic rings. The highest BCUT2D eigenvalue weighted by Crippen LogP contribution is 2.42. The number of fused-ring (bicyclic) bond motifs is 5. The van der Waals surface area contributed by atoms with Crippen molar-refractivity contribution in [2.24, 2.45) is 0 Å². The highest BCUT2D eigenvalue weighted by Gasteiger charge is 2.17. The Morgan fingerprint density at radius 2 is 0.839 bits per heavy atom. The molecule has 0 atom stereocenters. The molecule has 0 N–H and O–H groups in total. The molecule has 0 bridgehead atoms. The van der Waals surface area contributed by atoms with Crippen LogP contribution in [0.2, 0.25) is 0 Å². The number of aromatic nitrogens is 4. The molecule has 10 aromatic rings. The number of pyridine rings is 1. The van der Waals surface area contributed by atoms with Crippen molar-refractivity contribution in [3.8, 4) is 67.5 Å². The summed E-state index contributed by atoms with van der Waals surface area (Å²) in [6.07, 6.45) is 1.85. The van der Waals surface area contributed by atoms with Crippen molar-refractivity contribution < 1.29 is 0 Å². The van der Waals surface area contributed by atoms with Gasteiger partial charge in [0, 0.05) is 33.8 Å². The minimum Gasteiger partial charge on any atom is -0.256 e. The van der Waals surface area contributed by atoms with E-state index in [-0.39, 0.29) is 0 Å². The molecule has 0 amide bonds. The molecular formula is C51H31N5. The lowest BCUT2D eigenvalue weighted by Gasteiger charge is -2.16. The summed E-state index contributed by atoms with van der Waals surface area (Å²) in [6.45, 7) is 7.42. The fourth-order valence-electron chi connectivity index (χ4n) is 7.64. The smallest absolute Gasteiger partial charge is 0.187 e. The molecule has 0 unspecified atom stereocenters. The van der Waals surface area contributed by atoms with E-state index in [4.69, 9.17) is 26.5 Å². The second-order valence-corrected chi connectivity index (χ2v) is 13.7. The zero-order valence-corrected chi connectivity index (χ0v) is 30.1. The van der Waals surface area contributed by atoms with Gasteiger partial charge in [-0.15, -0.1) is 0 Å². The van der Waals surface area contributed by atoms with Crippen molar-refractivity contribution in [3.05, 3.63) is 200 Å². The summed E-state index contributed by atoms with van der Waals surface area (Å²) >= 11 is 0. The average Bonchev–Trinajstić information content (AvgIpc) is 3.29. The molecule has 0 aliphatic heterocycles. The zero-order valence-electron chi connectivity index (χ0n) is 30.1. The minimum atomic E-state index is 0.621. The lowest BCUT2D eigenvalue weighted by Crippen LogP contribution is -2.00. The molecule has 2 heterocycles. The predicted molar refractivity (Wildman–Crippen MR) is 229 cm³/mol. The van der Waals surface area contributed by atoms with E-state index in [0.29, 0.717) is 23.2 Å². The van der Waals surface area contributed by atoms with Crippen LogP contribution in [-0.2, 0) is 0 Å². The molecule has 0 radical (unpaired) electrons. The Bertz CT molecular complexity index is 3070. The van der Waals surface area contributed by atoms with Crippen LogP contribution in [0.15, 0.2) is 188 Å². The Morgan fingerprint density at radius 3 is 1.50 bits per heavy atom. The fraction of sp³-hybridized carbons (Fsp3) is 0. The Kier molecular flexibility index (Phi) is 8.13. The van der Waals surface area contributed by atoms with Crippen LogP contribution in [0.3, 0.4) is 0 Å². The Hall–Kier alpha value is -7.81. The van der Waals surface area contributed by atoms with Crippen LogP contribution >= 0.6 is 0 Å². The first-order chi connectivity index (χ1) is 27.7. The van der Waals surface area contributed by atoms with Gasteiger partial charge in [0.2, 0.25) is 0 Å². The summed E-state index contributed by atoms with van der Waals surface area (Å²) in [4.78, 5) is 23.3. The molecule has 5 heteroatoms. The summed E-state index contributed by atoms with van der Waals surface area (Å²) in [5, 5.41) is 5.76. The van der Waals surface area contributed by atoms with Crippen LogP contribution in [0.25, 0.3) is 105 Å². The molecule has 10 rings (SSSR count). The van der Waals surface area contributed by atoms with E-state index >= 15 is 0 Å². The molecule has 0 saturated heterocycles. The maximum absolute atomic E-state index is 7.42. The van der Waals surface area contributed by atoms with E-state index < -0.39 is 0 Å². The van der Waals surface area contributed by atoms with Crippen molar-refractivity contribution in [2.45, 2.75) is 0 Å². The van der Waals surface area contributed by atoms with Gasteiger partial charge in [0.05, 0.1) is 12.1 Å². The molecule has 0 fully saturated rings. The first-order valence-electron chi connectivity index (χ1n) is 18.5. The lowest BCUT2D eigenvalue weighted by molar-refractivity contribution is 1.07. The first kappa shape index (κ1) is 32.8. The molecule has 5 nitrogen and oxygen atoms in total. The van der Waals surface area contributed by atoms with Gasteiger partial charge in [0.25, 0.3) is 0 Å². The maximum Gasteiger partial charge on any atom is 0.187 e. The van der Waals surface area contributed by atoms with Gasteiger partial charge in [-0.1, -0.05) is 152 Å². The van der Waals surface area contributed by atoms with Crippen LogP contribution in [0, 0.1) is 6.57 Å². The van der Waals surface area contributed by atoms with Crippen molar-refractivity contribution >= 4 is 38.1 Å². The van der Waals surface area contributed by atoms with E-state index in [0.717, 1.165) is 66.4 Å². The van der Waals surface area contributed by atoms with E-state index in [9.17, 15) is 0 Å². The minimum absolute atomic E-state index is 0.621. The molecule has 0 saturated carbocycles. The van der Waals surface area contributed by atoms with Gasteiger partial charge >= 0.3 is 0 Å². The SMILES string of the molecule is [C-]#[N+]c1ccc(-c2cc3c4ccccc4c(-c4cccc(-c5cccc(-c6nc(-c7ccccc7)nc(-c7ccccc7)n6)c5)c4)cc3c3cccnc23)cc1. The van der Waals surface area contributed by atoms with Crippen LogP contribution in [0.5, 0.6) is 0 Å². The number of rotatable bonds is 6. The van der Waals surface area contributed by atoms with Gasteiger partial charge < -0.3 is 0 Å². The first-order valence-corrected chi connectivity index (χ1v) is 18.5. The van der Waals surface area contributed by atoms with Gasteiger partial charge in [-0.3, -0.25) is 4.98 Å². The van der Waals surface area contributed by atoms with Gasteiger partial charge in [-0.05, 0) is 79.7 Å². The summed E-state index contributed by atoms with van der Waals surface area (Å²) in [6, 6.07) is 62.5. The largest absolute Gasteiger partial charge is 0.256 e. The second kappa shape index (κ2) is 13.9. The number of hydrogen-bond donors (Lipinski definition) is 0. The van der Waals surface area contributed by atoms with Crippen molar-refractivity contribution in [1.29, 1.82) is 0 Å². The van der Waals surface area contributed by atoms with Crippen LogP contribution in [-0.4, -0.2) is 19.9 Å². The van der Waals surface area contributed by atoms with Gasteiger partial charge in [0.1, 0.15) is 0 Å². The van der Waals surface area contributed by atoms with E-state index in [2.05, 4.69) is 95.8 Å². The van der Waals surface area contributed by atoms with Gasteiger partial charge in [-0.25, -0.2) is 19.8 Å². The monoisotopic (exact) mass is 713 g/mol. The summed E-state index contributed by atoms with van der Waals surface area (Å²) in [5.41, 5.74) is 10.9. The standard InChI is InChI=1S/C51H31N5/c1-52-40-26-24-33(25-27-40)45-32-46-42-22-9-8-21-41(42)44(31-47(46)43-23-12-28-53-48(43)45)38-19-10-17-36(29-38)37-18-11-20-39(30-37)51-55-49(34-13-4-2-5-14-34)54-50(56-51)35-15-6-3-7-16-35/h2-32H. The normalized spacial score (nSPS) is 11.2. The number of benzene rings is 8. The third kappa shape index (κ3) is 5.92. The fourth-order valence-corrected chi connectivity index (χ4v) is 7.64. The third-order valence-corrected chi connectivity index (χ3v) is 10.4. The molecule has 8 aromatic carbocycles. The molecule has 0 spiro atoms. The van der Waals surface area contributed by atoms with Crippen molar-refractivity contribution in [1.82, 2.24) is 19.9 Å². The summed E-state index contributed by atoms with van der Waals surface area (Å²) < 4.78 is 0. The van der Waals surface area contributed by atoms with Crippen LogP contribution < -0.4 is 0 Å². The highest BCUT2D eigenvalue weighted by molar-refractivity contribution is 6.23. The second-order valence-electron chi connectivity index (χ2n) is 13.7. The average molecular weight is 714 g/mol. The quantitative estimate of drug-likeness (QED) is 0.127. The zero-order chi connectivity index (χ0) is 37.4. The Labute approximate surface area is 324 Å². The molecular weight excluding hydrogens is 683 g/mol. The van der Waals surface area contributed by atoms with Gasteiger partial charge in [0.15, 0.2) is 23.2 Å². The molecule has 2 aromatic heterocycles. The topological polar surface area (TPSA) is 55.9 Å². The van der Waals surface area contributed by atoms with E-state index in [1.165, 1.54) is 16.2 Å². The summed E-state index contributed by atoms with van der Waals surface area (Å²) in [7, 11) is 0. The molecule has 56 heavy (non-hydrogen) atoms.